The molecule has 1 aromatic heterocycles. The van der Waals surface area contributed by atoms with Crippen molar-refractivity contribution < 1.29 is 13.2 Å². The average Bonchev–Trinajstić information content (AvgIpc) is 2.45. The van der Waals surface area contributed by atoms with Crippen LogP contribution in [0, 0.1) is 0 Å². The third-order valence-corrected chi connectivity index (χ3v) is 2.27. The van der Waals surface area contributed by atoms with Crippen LogP contribution in [0.1, 0.15) is 32.0 Å². The van der Waals surface area contributed by atoms with E-state index in [1.54, 1.807) is 6.92 Å². The summed E-state index contributed by atoms with van der Waals surface area (Å²) in [5.74, 6) is 0. The van der Waals surface area contributed by atoms with Gasteiger partial charge in [0.25, 0.3) is 0 Å². The Labute approximate surface area is 84.7 Å². The van der Waals surface area contributed by atoms with Crippen LogP contribution in [0.15, 0.2) is 6.07 Å². The fourth-order valence-corrected chi connectivity index (χ4v) is 1.30. The zero-order valence-corrected chi connectivity index (χ0v) is 8.52. The van der Waals surface area contributed by atoms with Gasteiger partial charge in [-0.1, -0.05) is 18.5 Å². The van der Waals surface area contributed by atoms with Crippen LogP contribution in [0.4, 0.5) is 13.2 Å². The van der Waals surface area contributed by atoms with E-state index in [9.17, 15) is 13.2 Å². The minimum absolute atomic E-state index is 0.0201. The minimum atomic E-state index is -4.43. The maximum absolute atomic E-state index is 12.2. The molecule has 0 bridgehead atoms. The average molecular weight is 227 g/mol. The van der Waals surface area contributed by atoms with Crippen molar-refractivity contribution in [2.75, 3.05) is 0 Å². The summed E-state index contributed by atoms with van der Waals surface area (Å²) in [6.45, 7) is 3.62. The van der Waals surface area contributed by atoms with Crippen LogP contribution < -0.4 is 0 Å². The van der Waals surface area contributed by atoms with E-state index in [1.165, 1.54) is 4.68 Å². The van der Waals surface area contributed by atoms with Gasteiger partial charge in [-0.15, -0.1) is 0 Å². The maximum atomic E-state index is 12.2. The van der Waals surface area contributed by atoms with Crippen LogP contribution in [-0.4, -0.2) is 9.78 Å². The summed E-state index contributed by atoms with van der Waals surface area (Å²) in [6, 6.07) is 0.715. The SMILES string of the molecule is CCC(C)n1nc(C(F)(F)F)cc1Cl. The molecule has 0 saturated carbocycles. The number of hydrogen-bond donors (Lipinski definition) is 0. The Morgan fingerprint density at radius 1 is 1.57 bits per heavy atom. The first-order valence-electron chi connectivity index (χ1n) is 4.18. The fourth-order valence-electron chi connectivity index (χ4n) is 0.992. The van der Waals surface area contributed by atoms with Crippen LogP contribution in [0.25, 0.3) is 0 Å². The van der Waals surface area contributed by atoms with Gasteiger partial charge in [0.05, 0.1) is 6.04 Å². The monoisotopic (exact) mass is 226 g/mol. The highest BCUT2D eigenvalue weighted by molar-refractivity contribution is 6.29. The molecule has 0 aliphatic carbocycles. The Hall–Kier alpha value is -0.710. The molecule has 6 heteroatoms. The summed E-state index contributed by atoms with van der Waals surface area (Å²) in [7, 11) is 0. The van der Waals surface area contributed by atoms with E-state index < -0.39 is 11.9 Å². The third kappa shape index (κ3) is 2.20. The van der Waals surface area contributed by atoms with Gasteiger partial charge in [-0.3, -0.25) is 4.68 Å². The van der Waals surface area contributed by atoms with E-state index in [2.05, 4.69) is 5.10 Å². The molecule has 0 aromatic carbocycles. The van der Waals surface area contributed by atoms with Gasteiger partial charge < -0.3 is 0 Å². The summed E-state index contributed by atoms with van der Waals surface area (Å²) in [4.78, 5) is 0. The predicted octanol–water partition coefficient (Wildman–Crippen LogP) is 3.53. The third-order valence-electron chi connectivity index (χ3n) is 1.99. The highest BCUT2D eigenvalue weighted by Gasteiger charge is 2.35. The molecule has 0 spiro atoms. The van der Waals surface area contributed by atoms with Crippen LogP contribution in [0.2, 0.25) is 5.15 Å². The zero-order valence-electron chi connectivity index (χ0n) is 7.77. The predicted molar refractivity (Wildman–Crippen MR) is 47.2 cm³/mol. The topological polar surface area (TPSA) is 17.8 Å². The summed E-state index contributed by atoms with van der Waals surface area (Å²) in [6.07, 6.45) is -3.75. The minimum Gasteiger partial charge on any atom is -0.251 e. The Morgan fingerprint density at radius 2 is 2.14 bits per heavy atom. The molecule has 0 aliphatic rings. The molecule has 1 unspecified atom stereocenters. The number of hydrogen-bond acceptors (Lipinski definition) is 1. The number of rotatable bonds is 2. The largest absolute Gasteiger partial charge is 0.435 e. The van der Waals surface area contributed by atoms with Gasteiger partial charge in [-0.2, -0.15) is 18.3 Å². The number of aromatic nitrogens is 2. The summed E-state index contributed by atoms with van der Waals surface area (Å²) in [5.41, 5.74) is -0.942. The van der Waals surface area contributed by atoms with Gasteiger partial charge in [-0.25, -0.2) is 0 Å². The highest BCUT2D eigenvalue weighted by atomic mass is 35.5. The summed E-state index contributed by atoms with van der Waals surface area (Å²) < 4.78 is 37.8. The first kappa shape index (κ1) is 11.4. The van der Waals surface area contributed by atoms with Crippen molar-refractivity contribution in [2.24, 2.45) is 0 Å². The molecular weight excluding hydrogens is 217 g/mol. The van der Waals surface area contributed by atoms with Gasteiger partial charge in [0.15, 0.2) is 5.69 Å². The molecular formula is C8H10ClF3N2. The number of alkyl halides is 3. The van der Waals surface area contributed by atoms with Crippen molar-refractivity contribution in [1.82, 2.24) is 9.78 Å². The zero-order chi connectivity index (χ0) is 10.9. The molecule has 0 N–H and O–H groups in total. The molecule has 1 aromatic rings. The molecule has 0 aliphatic heterocycles. The Bertz CT molecular complexity index is 319. The Morgan fingerprint density at radius 3 is 2.50 bits per heavy atom. The van der Waals surface area contributed by atoms with Crippen molar-refractivity contribution in [1.29, 1.82) is 0 Å². The van der Waals surface area contributed by atoms with Gasteiger partial charge >= 0.3 is 6.18 Å². The van der Waals surface area contributed by atoms with Gasteiger partial charge in [0.1, 0.15) is 5.15 Å². The van der Waals surface area contributed by atoms with Crippen molar-refractivity contribution in [2.45, 2.75) is 32.5 Å². The second-order valence-electron chi connectivity index (χ2n) is 3.05. The lowest BCUT2D eigenvalue weighted by atomic mass is 10.3. The van der Waals surface area contributed by atoms with Gasteiger partial charge in [0, 0.05) is 6.07 Å². The molecule has 0 radical (unpaired) electrons. The molecule has 1 rings (SSSR count). The fraction of sp³-hybridized carbons (Fsp3) is 0.625. The van der Waals surface area contributed by atoms with Crippen molar-refractivity contribution >= 4 is 11.6 Å². The number of nitrogens with zero attached hydrogens (tertiary/aromatic N) is 2. The molecule has 0 fully saturated rings. The van der Waals surface area contributed by atoms with Crippen LogP contribution >= 0.6 is 11.6 Å². The Kier molecular flexibility index (Phi) is 3.09. The van der Waals surface area contributed by atoms with Crippen molar-refractivity contribution in [3.63, 3.8) is 0 Å². The lowest BCUT2D eigenvalue weighted by Gasteiger charge is -2.10. The van der Waals surface area contributed by atoms with Crippen molar-refractivity contribution in [3.8, 4) is 0 Å². The van der Waals surface area contributed by atoms with E-state index in [0.29, 0.717) is 6.42 Å². The van der Waals surface area contributed by atoms with Crippen LogP contribution in [-0.2, 0) is 6.18 Å². The van der Waals surface area contributed by atoms with Crippen LogP contribution in [0.5, 0.6) is 0 Å². The first-order chi connectivity index (χ1) is 6.36. The van der Waals surface area contributed by atoms with E-state index in [1.807, 2.05) is 6.92 Å². The maximum Gasteiger partial charge on any atom is 0.435 e. The van der Waals surface area contributed by atoms with Crippen molar-refractivity contribution in [3.05, 3.63) is 16.9 Å². The summed E-state index contributed by atoms with van der Waals surface area (Å²) >= 11 is 5.63. The van der Waals surface area contributed by atoms with Crippen LogP contribution in [0.3, 0.4) is 0 Å². The lowest BCUT2D eigenvalue weighted by Crippen LogP contribution is -2.10. The van der Waals surface area contributed by atoms with E-state index in [-0.39, 0.29) is 11.2 Å². The molecule has 0 saturated heterocycles. The standard InChI is InChI=1S/C8H10ClF3N2/c1-3-5(2)14-7(9)4-6(13-14)8(10,11)12/h4-5H,3H2,1-2H3. The summed E-state index contributed by atoms with van der Waals surface area (Å²) in [5, 5.41) is 3.43. The van der Waals surface area contributed by atoms with E-state index in [0.717, 1.165) is 6.07 Å². The van der Waals surface area contributed by atoms with Gasteiger partial charge in [-0.05, 0) is 13.3 Å². The van der Waals surface area contributed by atoms with E-state index in [4.69, 9.17) is 11.6 Å². The molecule has 14 heavy (non-hydrogen) atoms. The Balaban J connectivity index is 3.05. The number of halogens is 4. The highest BCUT2D eigenvalue weighted by Crippen LogP contribution is 2.31. The molecule has 80 valence electrons. The quantitative estimate of drug-likeness (QED) is 0.754. The van der Waals surface area contributed by atoms with Gasteiger partial charge in [0.2, 0.25) is 0 Å². The normalized spacial score (nSPS) is 14.4. The second kappa shape index (κ2) is 3.81. The molecule has 2 nitrogen and oxygen atoms in total. The smallest absolute Gasteiger partial charge is 0.251 e. The van der Waals surface area contributed by atoms with E-state index >= 15 is 0 Å². The molecule has 1 heterocycles. The lowest BCUT2D eigenvalue weighted by molar-refractivity contribution is -0.141. The second-order valence-corrected chi connectivity index (χ2v) is 3.44. The molecule has 0 amide bonds. The molecule has 1 atom stereocenters. The first-order valence-corrected chi connectivity index (χ1v) is 4.56.